The van der Waals surface area contributed by atoms with E-state index in [1.807, 2.05) is 0 Å². The smallest absolute Gasteiger partial charge is 0.431 e. The molecule has 1 aromatic carbocycles. The highest BCUT2D eigenvalue weighted by atomic mass is 35.5. The molecule has 1 aromatic rings. The predicted molar refractivity (Wildman–Crippen MR) is 56.0 cm³/mol. The monoisotopic (exact) mass is 245 g/mol. The summed E-state index contributed by atoms with van der Waals surface area (Å²) in [5, 5.41) is -0.0283. The molecule has 0 amide bonds. The number of nitrogens with two attached hydrogens (primary N) is 1. The number of anilines is 1. The average Bonchev–Trinajstić information content (AvgIpc) is 2.98. The minimum Gasteiger partial charge on any atom is -0.431 e. The quantitative estimate of drug-likeness (QED) is 0.494. The first kappa shape index (κ1) is 11.0. The van der Waals surface area contributed by atoms with Crippen LogP contribution in [0.5, 0.6) is 5.75 Å². The molecule has 0 heterocycles. The van der Waals surface area contributed by atoms with E-state index in [-0.39, 0.29) is 22.6 Å². The lowest BCUT2D eigenvalue weighted by atomic mass is 10.3. The maximum Gasteiger partial charge on any atom is 0.514 e. The van der Waals surface area contributed by atoms with E-state index in [9.17, 15) is 9.18 Å². The lowest BCUT2D eigenvalue weighted by molar-refractivity contribution is 0.0925. The molecule has 0 aliphatic heterocycles. The molecule has 2 N–H and O–H groups in total. The molecule has 1 fully saturated rings. The van der Waals surface area contributed by atoms with Gasteiger partial charge in [0, 0.05) is 6.07 Å². The van der Waals surface area contributed by atoms with Crippen molar-refractivity contribution in [3.8, 4) is 5.75 Å². The minimum atomic E-state index is -0.851. The summed E-state index contributed by atoms with van der Waals surface area (Å²) >= 11 is 5.67. The molecular formula is C10H9ClFNO3. The molecule has 6 heteroatoms. The third kappa shape index (κ3) is 2.55. The van der Waals surface area contributed by atoms with Crippen LogP contribution in [0.3, 0.4) is 0 Å². The Balaban J connectivity index is 2.07. The Morgan fingerprint density at radius 2 is 2.19 bits per heavy atom. The normalized spacial score (nSPS) is 14.6. The first-order valence-corrected chi connectivity index (χ1v) is 5.07. The molecule has 1 saturated carbocycles. The fourth-order valence-corrected chi connectivity index (χ4v) is 1.25. The number of hydrogen-bond acceptors (Lipinski definition) is 4. The van der Waals surface area contributed by atoms with Gasteiger partial charge in [-0.15, -0.1) is 0 Å². The van der Waals surface area contributed by atoms with Crippen LogP contribution in [0.4, 0.5) is 14.9 Å². The molecule has 0 saturated heterocycles. The third-order valence-corrected chi connectivity index (χ3v) is 2.33. The van der Waals surface area contributed by atoms with Crippen LogP contribution in [-0.4, -0.2) is 12.3 Å². The highest BCUT2D eigenvalue weighted by Crippen LogP contribution is 2.30. The third-order valence-electron chi connectivity index (χ3n) is 2.03. The van der Waals surface area contributed by atoms with Crippen LogP contribution >= 0.6 is 11.6 Å². The van der Waals surface area contributed by atoms with Gasteiger partial charge in [0.05, 0.1) is 10.7 Å². The second kappa shape index (κ2) is 4.17. The Bertz CT molecular complexity index is 434. The number of ether oxygens (including phenoxy) is 2. The van der Waals surface area contributed by atoms with E-state index >= 15 is 0 Å². The van der Waals surface area contributed by atoms with Crippen LogP contribution in [0.25, 0.3) is 0 Å². The van der Waals surface area contributed by atoms with Crippen LogP contribution in [0, 0.1) is 5.82 Å². The molecule has 0 aromatic heterocycles. The standard InChI is InChI=1S/C10H9ClFNO3/c11-6-3-7(12)8(13)4-9(6)16-10(14)15-5-1-2-5/h3-5H,1-2,13H2. The summed E-state index contributed by atoms with van der Waals surface area (Å²) in [4.78, 5) is 11.2. The summed E-state index contributed by atoms with van der Waals surface area (Å²) in [5.74, 6) is -0.667. The van der Waals surface area contributed by atoms with Crippen molar-refractivity contribution >= 4 is 23.4 Å². The lowest BCUT2D eigenvalue weighted by Crippen LogP contribution is -2.12. The van der Waals surface area contributed by atoms with E-state index in [1.165, 1.54) is 0 Å². The van der Waals surface area contributed by atoms with Gasteiger partial charge in [0.15, 0.2) is 5.75 Å². The number of rotatable bonds is 2. The van der Waals surface area contributed by atoms with Gasteiger partial charge in [-0.05, 0) is 18.9 Å². The molecular weight excluding hydrogens is 237 g/mol. The molecule has 1 aliphatic rings. The van der Waals surface area contributed by atoms with Gasteiger partial charge in [-0.1, -0.05) is 11.6 Å². The highest BCUT2D eigenvalue weighted by Gasteiger charge is 2.27. The van der Waals surface area contributed by atoms with Crippen molar-refractivity contribution in [3.63, 3.8) is 0 Å². The second-order valence-corrected chi connectivity index (χ2v) is 3.88. The Labute approximate surface area is 96.1 Å². The fourth-order valence-electron chi connectivity index (χ4n) is 1.06. The van der Waals surface area contributed by atoms with Crippen molar-refractivity contribution in [1.82, 2.24) is 0 Å². The molecule has 0 unspecified atom stereocenters. The lowest BCUT2D eigenvalue weighted by Gasteiger charge is -2.07. The SMILES string of the molecule is Nc1cc(OC(=O)OC2CC2)c(Cl)cc1F. The van der Waals surface area contributed by atoms with Crippen molar-refractivity contribution < 1.29 is 18.7 Å². The molecule has 0 atom stereocenters. The first-order valence-electron chi connectivity index (χ1n) is 4.69. The van der Waals surface area contributed by atoms with Crippen molar-refractivity contribution in [1.29, 1.82) is 0 Å². The summed E-state index contributed by atoms with van der Waals surface area (Å²) in [6.45, 7) is 0. The number of carbonyl (C=O) groups is 1. The highest BCUT2D eigenvalue weighted by molar-refractivity contribution is 6.32. The number of nitrogen functional groups attached to an aromatic ring is 1. The molecule has 0 bridgehead atoms. The fraction of sp³-hybridized carbons (Fsp3) is 0.300. The zero-order chi connectivity index (χ0) is 11.7. The molecule has 2 rings (SSSR count). The number of halogens is 2. The predicted octanol–water partition coefficient (Wildman–Crippen LogP) is 2.74. The number of benzene rings is 1. The summed E-state index contributed by atoms with van der Waals surface area (Å²) in [5.41, 5.74) is 5.17. The number of hydrogen-bond donors (Lipinski definition) is 1. The van der Waals surface area contributed by atoms with Gasteiger partial charge in [-0.2, -0.15) is 0 Å². The largest absolute Gasteiger partial charge is 0.514 e. The van der Waals surface area contributed by atoms with E-state index in [0.717, 1.165) is 25.0 Å². The Morgan fingerprint density at radius 1 is 1.50 bits per heavy atom. The van der Waals surface area contributed by atoms with Gasteiger partial charge < -0.3 is 15.2 Å². The second-order valence-electron chi connectivity index (χ2n) is 3.47. The van der Waals surface area contributed by atoms with E-state index in [4.69, 9.17) is 26.8 Å². The van der Waals surface area contributed by atoms with Crippen molar-refractivity contribution in [2.45, 2.75) is 18.9 Å². The zero-order valence-corrected chi connectivity index (χ0v) is 8.96. The Kier molecular flexibility index (Phi) is 2.87. The average molecular weight is 246 g/mol. The van der Waals surface area contributed by atoms with Crippen LogP contribution in [-0.2, 0) is 4.74 Å². The molecule has 4 nitrogen and oxygen atoms in total. The van der Waals surface area contributed by atoms with Gasteiger partial charge >= 0.3 is 6.16 Å². The van der Waals surface area contributed by atoms with Crippen LogP contribution in [0.15, 0.2) is 12.1 Å². The van der Waals surface area contributed by atoms with E-state index in [1.54, 1.807) is 0 Å². The molecule has 0 spiro atoms. The van der Waals surface area contributed by atoms with Crippen molar-refractivity contribution in [2.75, 3.05) is 5.73 Å². The Morgan fingerprint density at radius 3 is 2.81 bits per heavy atom. The van der Waals surface area contributed by atoms with E-state index in [2.05, 4.69) is 0 Å². The minimum absolute atomic E-state index is 0.00813. The van der Waals surface area contributed by atoms with Gasteiger partial charge in [0.25, 0.3) is 0 Å². The number of carbonyl (C=O) groups excluding carboxylic acids is 1. The van der Waals surface area contributed by atoms with Crippen LogP contribution in [0.2, 0.25) is 5.02 Å². The summed E-state index contributed by atoms with van der Waals surface area (Å²) in [6.07, 6.45) is 0.766. The van der Waals surface area contributed by atoms with E-state index < -0.39 is 12.0 Å². The maximum absolute atomic E-state index is 12.9. The molecule has 86 valence electrons. The van der Waals surface area contributed by atoms with Gasteiger partial charge in [0.2, 0.25) is 0 Å². The Hall–Kier alpha value is -1.49. The van der Waals surface area contributed by atoms with Gasteiger partial charge in [-0.3, -0.25) is 0 Å². The van der Waals surface area contributed by atoms with Gasteiger partial charge in [-0.25, -0.2) is 9.18 Å². The topological polar surface area (TPSA) is 61.5 Å². The van der Waals surface area contributed by atoms with Crippen LogP contribution < -0.4 is 10.5 Å². The van der Waals surface area contributed by atoms with Crippen molar-refractivity contribution in [3.05, 3.63) is 23.0 Å². The summed E-state index contributed by atoms with van der Waals surface area (Å²) < 4.78 is 22.6. The van der Waals surface area contributed by atoms with Crippen molar-refractivity contribution in [2.24, 2.45) is 0 Å². The summed E-state index contributed by atoms with van der Waals surface area (Å²) in [7, 11) is 0. The zero-order valence-electron chi connectivity index (χ0n) is 8.20. The van der Waals surface area contributed by atoms with E-state index in [0.29, 0.717) is 0 Å². The maximum atomic E-state index is 12.9. The summed E-state index contributed by atoms with van der Waals surface area (Å²) in [6, 6.07) is 2.13. The van der Waals surface area contributed by atoms with Crippen LogP contribution in [0.1, 0.15) is 12.8 Å². The molecule has 0 radical (unpaired) electrons. The molecule has 1 aliphatic carbocycles. The molecule has 16 heavy (non-hydrogen) atoms. The van der Waals surface area contributed by atoms with Gasteiger partial charge in [0.1, 0.15) is 11.9 Å². The first-order chi connectivity index (χ1) is 7.56.